The van der Waals surface area contributed by atoms with Gasteiger partial charge in [0.25, 0.3) is 0 Å². The number of rotatable bonds is 4. The molecule has 0 aromatic carbocycles. The third-order valence-corrected chi connectivity index (χ3v) is 2.69. The molecule has 0 bridgehead atoms. The van der Waals surface area contributed by atoms with Crippen LogP contribution in [0.5, 0.6) is 0 Å². The fourth-order valence-corrected chi connectivity index (χ4v) is 1.62. The third kappa shape index (κ3) is 2.09. The van der Waals surface area contributed by atoms with Gasteiger partial charge in [-0.05, 0) is 0 Å². The van der Waals surface area contributed by atoms with Gasteiger partial charge in [0.15, 0.2) is 0 Å². The molecule has 1 saturated heterocycles. The predicted octanol–water partition coefficient (Wildman–Crippen LogP) is 0.757. The van der Waals surface area contributed by atoms with Crippen LogP contribution >= 0.6 is 11.3 Å². The first-order valence-electron chi connectivity index (χ1n) is 4.13. The highest BCUT2D eigenvalue weighted by molar-refractivity contribution is 7.11. The number of aromatic nitrogens is 1. The topological polar surface area (TPSA) is 68.7 Å². The summed E-state index contributed by atoms with van der Waals surface area (Å²) < 4.78 is 10.3. The van der Waals surface area contributed by atoms with Crippen LogP contribution in [-0.4, -0.2) is 35.4 Å². The molecule has 76 valence electrons. The van der Waals surface area contributed by atoms with Crippen molar-refractivity contribution < 1.29 is 19.4 Å². The first-order chi connectivity index (χ1) is 6.75. The summed E-state index contributed by atoms with van der Waals surface area (Å²) in [5, 5.41) is 10.4. The van der Waals surface area contributed by atoms with Crippen LogP contribution in [0.2, 0.25) is 0 Å². The Morgan fingerprint density at radius 1 is 1.79 bits per heavy atom. The van der Waals surface area contributed by atoms with Crippen LogP contribution in [0, 0.1) is 0 Å². The fraction of sp³-hybridized carbons (Fsp3) is 0.500. The van der Waals surface area contributed by atoms with Crippen molar-refractivity contribution in [1.29, 1.82) is 0 Å². The van der Waals surface area contributed by atoms with Crippen molar-refractivity contribution in [2.75, 3.05) is 13.2 Å². The number of hydrogen-bond donors (Lipinski definition) is 1. The zero-order chi connectivity index (χ0) is 9.97. The molecule has 1 aliphatic heterocycles. The maximum Gasteiger partial charge on any atom is 0.365 e. The Morgan fingerprint density at radius 3 is 3.07 bits per heavy atom. The van der Waals surface area contributed by atoms with Crippen molar-refractivity contribution in [3.8, 4) is 0 Å². The van der Waals surface area contributed by atoms with Gasteiger partial charge >= 0.3 is 5.97 Å². The second-order valence-corrected chi connectivity index (χ2v) is 3.78. The fourth-order valence-electron chi connectivity index (χ4n) is 0.985. The minimum absolute atomic E-state index is 0.105. The Morgan fingerprint density at radius 2 is 2.57 bits per heavy atom. The Labute approximate surface area is 84.3 Å². The summed E-state index contributed by atoms with van der Waals surface area (Å²) in [5.41, 5.74) is 0.666. The average molecular weight is 215 g/mol. The molecule has 6 heteroatoms. The van der Waals surface area contributed by atoms with E-state index in [2.05, 4.69) is 4.98 Å². The molecule has 0 aliphatic carbocycles. The van der Waals surface area contributed by atoms with Gasteiger partial charge in [-0.3, -0.25) is 0 Å². The highest BCUT2D eigenvalue weighted by Crippen LogP contribution is 2.13. The van der Waals surface area contributed by atoms with Gasteiger partial charge in [-0.15, -0.1) is 11.3 Å². The molecule has 1 fully saturated rings. The van der Waals surface area contributed by atoms with Crippen molar-refractivity contribution in [2.24, 2.45) is 0 Å². The Balaban J connectivity index is 1.86. The van der Waals surface area contributed by atoms with Gasteiger partial charge in [-0.1, -0.05) is 0 Å². The molecule has 14 heavy (non-hydrogen) atoms. The summed E-state index contributed by atoms with van der Waals surface area (Å²) in [5.74, 6) is -0.992. The van der Waals surface area contributed by atoms with Crippen molar-refractivity contribution >= 4 is 17.3 Å². The molecule has 0 spiro atoms. The van der Waals surface area contributed by atoms with Crippen molar-refractivity contribution in [2.45, 2.75) is 12.7 Å². The van der Waals surface area contributed by atoms with Gasteiger partial charge in [0.2, 0.25) is 5.01 Å². The molecule has 2 rings (SSSR count). The van der Waals surface area contributed by atoms with Crippen LogP contribution in [0.1, 0.15) is 15.5 Å². The van der Waals surface area contributed by atoms with E-state index in [1.165, 1.54) is 0 Å². The summed E-state index contributed by atoms with van der Waals surface area (Å²) in [4.78, 5) is 14.4. The van der Waals surface area contributed by atoms with E-state index in [-0.39, 0.29) is 11.1 Å². The summed E-state index contributed by atoms with van der Waals surface area (Å²) in [6, 6.07) is 0. The zero-order valence-corrected chi connectivity index (χ0v) is 8.12. The molecule has 2 heterocycles. The number of hydrogen-bond acceptors (Lipinski definition) is 5. The molecule has 0 amide bonds. The van der Waals surface area contributed by atoms with Crippen LogP contribution in [0.25, 0.3) is 0 Å². The Hall–Kier alpha value is -0.980. The minimum atomic E-state index is -0.992. The largest absolute Gasteiger partial charge is 0.476 e. The van der Waals surface area contributed by atoms with E-state index in [1.54, 1.807) is 5.38 Å². The van der Waals surface area contributed by atoms with Gasteiger partial charge < -0.3 is 14.6 Å². The highest BCUT2D eigenvalue weighted by atomic mass is 32.1. The van der Waals surface area contributed by atoms with E-state index in [1.807, 2.05) is 0 Å². The highest BCUT2D eigenvalue weighted by Gasteiger charge is 2.19. The van der Waals surface area contributed by atoms with E-state index < -0.39 is 5.97 Å². The molecule has 1 aliphatic rings. The van der Waals surface area contributed by atoms with Crippen molar-refractivity contribution in [3.05, 3.63) is 16.1 Å². The molecule has 1 N–H and O–H groups in total. The molecule has 0 unspecified atom stereocenters. The number of thiazole rings is 1. The van der Waals surface area contributed by atoms with Gasteiger partial charge in [-0.25, -0.2) is 9.78 Å². The predicted molar refractivity (Wildman–Crippen MR) is 48.5 cm³/mol. The number of nitrogens with zero attached hydrogens (tertiary/aromatic N) is 1. The first kappa shape index (κ1) is 9.57. The molecule has 1 aromatic heterocycles. The van der Waals surface area contributed by atoms with Crippen LogP contribution in [-0.2, 0) is 16.1 Å². The van der Waals surface area contributed by atoms with Gasteiger partial charge in [0, 0.05) is 5.38 Å². The summed E-state index contributed by atoms with van der Waals surface area (Å²) in [6.07, 6.45) is 0.143. The third-order valence-electron chi connectivity index (χ3n) is 1.81. The van der Waals surface area contributed by atoms with Crippen LogP contribution in [0.15, 0.2) is 5.38 Å². The average Bonchev–Trinajstić information content (AvgIpc) is 2.50. The summed E-state index contributed by atoms with van der Waals surface area (Å²) in [6.45, 7) is 1.60. The molecular weight excluding hydrogens is 206 g/mol. The SMILES string of the molecule is O=C(O)c1nc(COC2COC2)cs1. The lowest BCUT2D eigenvalue weighted by Crippen LogP contribution is -2.35. The maximum atomic E-state index is 10.5. The second-order valence-electron chi connectivity index (χ2n) is 2.92. The Bertz CT molecular complexity index is 334. The summed E-state index contributed by atoms with van der Waals surface area (Å²) >= 11 is 1.11. The molecule has 0 radical (unpaired) electrons. The lowest BCUT2D eigenvalue weighted by atomic mass is 10.3. The smallest absolute Gasteiger partial charge is 0.365 e. The van der Waals surface area contributed by atoms with Crippen molar-refractivity contribution in [3.63, 3.8) is 0 Å². The zero-order valence-electron chi connectivity index (χ0n) is 7.30. The normalized spacial score (nSPS) is 16.6. The summed E-state index contributed by atoms with van der Waals surface area (Å²) in [7, 11) is 0. The second kappa shape index (κ2) is 4.04. The van der Waals surface area contributed by atoms with Crippen molar-refractivity contribution in [1.82, 2.24) is 4.98 Å². The van der Waals surface area contributed by atoms with Gasteiger partial charge in [0.05, 0.1) is 25.5 Å². The molecule has 5 nitrogen and oxygen atoms in total. The standard InChI is InChI=1S/C8H9NO4S/c10-8(11)7-9-5(4-14-7)1-13-6-2-12-3-6/h4,6H,1-3H2,(H,10,11). The van der Waals surface area contributed by atoms with E-state index in [0.29, 0.717) is 25.5 Å². The molecular formula is C8H9NO4S. The minimum Gasteiger partial charge on any atom is -0.476 e. The van der Waals surface area contributed by atoms with E-state index in [0.717, 1.165) is 11.3 Å². The lowest BCUT2D eigenvalue weighted by molar-refractivity contribution is -0.135. The van der Waals surface area contributed by atoms with Crippen LogP contribution < -0.4 is 0 Å². The van der Waals surface area contributed by atoms with Crippen LogP contribution in [0.4, 0.5) is 0 Å². The van der Waals surface area contributed by atoms with Gasteiger partial charge in [-0.2, -0.15) is 0 Å². The molecule has 0 atom stereocenters. The number of aromatic carboxylic acids is 1. The van der Waals surface area contributed by atoms with E-state index in [9.17, 15) is 4.79 Å². The van der Waals surface area contributed by atoms with E-state index >= 15 is 0 Å². The number of carboxylic acid groups (broad SMARTS) is 1. The quantitative estimate of drug-likeness (QED) is 0.802. The molecule has 0 saturated carbocycles. The maximum absolute atomic E-state index is 10.5. The van der Waals surface area contributed by atoms with Crippen LogP contribution in [0.3, 0.4) is 0 Å². The van der Waals surface area contributed by atoms with Gasteiger partial charge in [0.1, 0.15) is 6.10 Å². The Kier molecular flexibility index (Phi) is 2.76. The first-order valence-corrected chi connectivity index (χ1v) is 5.00. The van der Waals surface area contributed by atoms with E-state index in [4.69, 9.17) is 14.6 Å². The lowest BCUT2D eigenvalue weighted by Gasteiger charge is -2.25. The molecule has 1 aromatic rings. The number of ether oxygens (including phenoxy) is 2. The number of carbonyl (C=O) groups is 1. The number of carboxylic acids is 1. The monoisotopic (exact) mass is 215 g/mol.